The van der Waals surface area contributed by atoms with Gasteiger partial charge in [-0.05, 0) is 19.1 Å². The average Bonchev–Trinajstić information content (AvgIpc) is 2.37. The summed E-state index contributed by atoms with van der Waals surface area (Å²) in [7, 11) is 1.26. The van der Waals surface area contributed by atoms with Crippen LogP contribution in [0, 0.1) is 11.8 Å². The van der Waals surface area contributed by atoms with Crippen molar-refractivity contribution < 1.29 is 19.1 Å². The molecular formula is C13H13NO4. The van der Waals surface area contributed by atoms with Gasteiger partial charge in [-0.1, -0.05) is 12.0 Å². The van der Waals surface area contributed by atoms with Crippen LogP contribution in [0.4, 0.5) is 5.69 Å². The zero-order valence-electron chi connectivity index (χ0n) is 10.1. The van der Waals surface area contributed by atoms with Gasteiger partial charge >= 0.3 is 11.9 Å². The lowest BCUT2D eigenvalue weighted by molar-refractivity contribution is -0.136. The van der Waals surface area contributed by atoms with Gasteiger partial charge in [0.05, 0.1) is 25.0 Å². The zero-order chi connectivity index (χ0) is 13.5. The Morgan fingerprint density at radius 2 is 2.11 bits per heavy atom. The molecule has 0 unspecified atom stereocenters. The number of rotatable bonds is 2. The first-order chi connectivity index (χ1) is 8.60. The van der Waals surface area contributed by atoms with Crippen LogP contribution in [0.25, 0.3) is 0 Å². The maximum Gasteiger partial charge on any atom is 0.384 e. The first-order valence-corrected chi connectivity index (χ1v) is 5.25. The number of hydrogen-bond donors (Lipinski definition) is 1. The number of carbonyl (C=O) groups excluding carboxylic acids is 2. The SMILES string of the molecule is CCOC(=O)C#Cc1cccc(C(=O)OC)c1N. The number of nitrogens with two attached hydrogens (primary N) is 1. The third-order valence-electron chi connectivity index (χ3n) is 2.09. The summed E-state index contributed by atoms with van der Waals surface area (Å²) in [6.45, 7) is 1.94. The van der Waals surface area contributed by atoms with Crippen LogP contribution in [0.2, 0.25) is 0 Å². The number of methoxy groups -OCH3 is 1. The summed E-state index contributed by atoms with van der Waals surface area (Å²) >= 11 is 0. The largest absolute Gasteiger partial charge is 0.465 e. The molecule has 0 aliphatic rings. The highest BCUT2D eigenvalue weighted by molar-refractivity contribution is 5.97. The van der Waals surface area contributed by atoms with Crippen LogP contribution >= 0.6 is 0 Å². The molecule has 1 aromatic carbocycles. The maximum atomic E-state index is 11.4. The van der Waals surface area contributed by atoms with Crippen LogP contribution in [-0.4, -0.2) is 25.7 Å². The molecule has 2 N–H and O–H groups in total. The van der Waals surface area contributed by atoms with Crippen LogP contribution in [0.5, 0.6) is 0 Å². The van der Waals surface area contributed by atoms with Crippen molar-refractivity contribution in [2.75, 3.05) is 19.5 Å². The van der Waals surface area contributed by atoms with Gasteiger partial charge in [0.1, 0.15) is 0 Å². The number of anilines is 1. The van der Waals surface area contributed by atoms with E-state index in [1.54, 1.807) is 19.1 Å². The van der Waals surface area contributed by atoms with E-state index in [0.717, 1.165) is 0 Å². The van der Waals surface area contributed by atoms with Crippen LogP contribution in [0.15, 0.2) is 18.2 Å². The van der Waals surface area contributed by atoms with E-state index in [0.29, 0.717) is 5.56 Å². The van der Waals surface area contributed by atoms with Crippen molar-refractivity contribution in [1.82, 2.24) is 0 Å². The van der Waals surface area contributed by atoms with E-state index >= 15 is 0 Å². The summed E-state index contributed by atoms with van der Waals surface area (Å²) in [4.78, 5) is 22.5. The van der Waals surface area contributed by atoms with Crippen LogP contribution in [-0.2, 0) is 14.3 Å². The third-order valence-corrected chi connectivity index (χ3v) is 2.09. The Balaban J connectivity index is 3.04. The first-order valence-electron chi connectivity index (χ1n) is 5.25. The highest BCUT2D eigenvalue weighted by Crippen LogP contribution is 2.17. The van der Waals surface area contributed by atoms with E-state index in [4.69, 9.17) is 5.73 Å². The van der Waals surface area contributed by atoms with E-state index in [1.165, 1.54) is 13.2 Å². The second kappa shape index (κ2) is 6.30. The Labute approximate surface area is 105 Å². The fraction of sp³-hybridized carbons (Fsp3) is 0.231. The Morgan fingerprint density at radius 1 is 1.39 bits per heavy atom. The average molecular weight is 247 g/mol. The fourth-order valence-corrected chi connectivity index (χ4v) is 1.25. The van der Waals surface area contributed by atoms with Gasteiger partial charge < -0.3 is 15.2 Å². The van der Waals surface area contributed by atoms with Gasteiger partial charge in [0.15, 0.2) is 0 Å². The van der Waals surface area contributed by atoms with Crippen molar-refractivity contribution in [2.24, 2.45) is 0 Å². The van der Waals surface area contributed by atoms with Gasteiger partial charge in [-0.25, -0.2) is 9.59 Å². The molecule has 0 heterocycles. The molecule has 5 heteroatoms. The maximum absolute atomic E-state index is 11.4. The molecule has 0 aliphatic heterocycles. The van der Waals surface area contributed by atoms with E-state index in [2.05, 4.69) is 21.3 Å². The van der Waals surface area contributed by atoms with Gasteiger partial charge in [0.25, 0.3) is 0 Å². The number of benzene rings is 1. The standard InChI is InChI=1S/C13H13NO4/c1-3-18-11(15)8-7-9-5-4-6-10(12(9)14)13(16)17-2/h4-6H,3,14H2,1-2H3. The van der Waals surface area contributed by atoms with E-state index in [-0.39, 0.29) is 17.9 Å². The molecule has 0 atom stereocenters. The quantitative estimate of drug-likeness (QED) is 0.478. The van der Waals surface area contributed by atoms with E-state index < -0.39 is 11.9 Å². The Kier molecular flexibility index (Phi) is 4.76. The minimum absolute atomic E-state index is 0.182. The predicted molar refractivity (Wildman–Crippen MR) is 65.7 cm³/mol. The number of nitrogen functional groups attached to an aromatic ring is 1. The Morgan fingerprint density at radius 3 is 2.72 bits per heavy atom. The predicted octanol–water partition coefficient (Wildman–Crippen LogP) is 0.970. The summed E-state index contributed by atoms with van der Waals surface area (Å²) in [6.07, 6.45) is 0. The molecule has 1 aromatic rings. The van der Waals surface area contributed by atoms with Gasteiger partial charge in [0, 0.05) is 11.5 Å². The van der Waals surface area contributed by atoms with Crippen molar-refractivity contribution in [3.05, 3.63) is 29.3 Å². The number of para-hydroxylation sites is 1. The molecule has 0 bridgehead atoms. The summed E-state index contributed by atoms with van der Waals surface area (Å²) in [6, 6.07) is 4.74. The van der Waals surface area contributed by atoms with Gasteiger partial charge in [-0.15, -0.1) is 0 Å². The highest BCUT2D eigenvalue weighted by atomic mass is 16.5. The molecule has 18 heavy (non-hydrogen) atoms. The van der Waals surface area contributed by atoms with Crippen LogP contribution in [0.3, 0.4) is 0 Å². The monoisotopic (exact) mass is 247 g/mol. The topological polar surface area (TPSA) is 78.6 Å². The normalized spacial score (nSPS) is 9.00. The van der Waals surface area contributed by atoms with E-state index in [9.17, 15) is 9.59 Å². The molecular weight excluding hydrogens is 234 g/mol. The number of ether oxygens (including phenoxy) is 2. The fourth-order valence-electron chi connectivity index (χ4n) is 1.25. The lowest BCUT2D eigenvalue weighted by Gasteiger charge is -2.04. The molecule has 0 spiro atoms. The van der Waals surface area contributed by atoms with Crippen molar-refractivity contribution in [3.63, 3.8) is 0 Å². The highest BCUT2D eigenvalue weighted by Gasteiger charge is 2.11. The summed E-state index contributed by atoms with van der Waals surface area (Å²) < 4.78 is 9.23. The second-order valence-corrected chi connectivity index (χ2v) is 3.23. The van der Waals surface area contributed by atoms with Crippen molar-refractivity contribution >= 4 is 17.6 Å². The molecule has 5 nitrogen and oxygen atoms in total. The van der Waals surface area contributed by atoms with Crippen LogP contribution in [0.1, 0.15) is 22.8 Å². The van der Waals surface area contributed by atoms with Crippen molar-refractivity contribution in [1.29, 1.82) is 0 Å². The Hall–Kier alpha value is -2.48. The first kappa shape index (κ1) is 13.6. The Bertz CT molecular complexity index is 526. The van der Waals surface area contributed by atoms with Gasteiger partial charge in [-0.3, -0.25) is 0 Å². The van der Waals surface area contributed by atoms with Crippen LogP contribution < -0.4 is 5.73 Å². The van der Waals surface area contributed by atoms with E-state index in [1.807, 2.05) is 0 Å². The van der Waals surface area contributed by atoms with Crippen molar-refractivity contribution in [2.45, 2.75) is 6.92 Å². The molecule has 0 aromatic heterocycles. The number of hydrogen-bond acceptors (Lipinski definition) is 5. The summed E-state index contributed by atoms with van der Waals surface area (Å²) in [5.41, 5.74) is 6.54. The van der Waals surface area contributed by atoms with Gasteiger partial charge in [-0.2, -0.15) is 0 Å². The molecule has 0 fully saturated rings. The van der Waals surface area contributed by atoms with Crippen molar-refractivity contribution in [3.8, 4) is 11.8 Å². The molecule has 0 aliphatic carbocycles. The minimum Gasteiger partial charge on any atom is -0.465 e. The minimum atomic E-state index is -0.639. The lowest BCUT2D eigenvalue weighted by atomic mass is 10.1. The zero-order valence-corrected chi connectivity index (χ0v) is 10.1. The molecule has 0 amide bonds. The molecule has 94 valence electrons. The lowest BCUT2D eigenvalue weighted by Crippen LogP contribution is -2.07. The molecule has 0 radical (unpaired) electrons. The molecule has 0 saturated heterocycles. The number of carbonyl (C=O) groups is 2. The third kappa shape index (κ3) is 3.25. The van der Waals surface area contributed by atoms with Gasteiger partial charge in [0.2, 0.25) is 0 Å². The summed E-state index contributed by atoms with van der Waals surface area (Å²) in [5, 5.41) is 0. The molecule has 1 rings (SSSR count). The second-order valence-electron chi connectivity index (χ2n) is 3.23. The summed E-state index contributed by atoms with van der Waals surface area (Å²) in [5.74, 6) is 3.65. The number of esters is 2. The smallest absolute Gasteiger partial charge is 0.384 e. The molecule has 0 saturated carbocycles.